The third-order valence-corrected chi connectivity index (χ3v) is 1.87. The Kier molecular flexibility index (Phi) is 7.37. The topological polar surface area (TPSA) is 78.6 Å². The molecule has 0 spiro atoms. The molecule has 0 bridgehead atoms. The largest absolute Gasteiger partial charge is 0.461 e. The molecule has 0 aromatic carbocycles. The molecule has 6 heteroatoms. The number of rotatable bonds is 6. The van der Waals surface area contributed by atoms with Crippen molar-refractivity contribution in [2.45, 2.75) is 26.7 Å². The summed E-state index contributed by atoms with van der Waals surface area (Å²) in [5.74, 6) is -1.62. The van der Waals surface area contributed by atoms with E-state index in [-0.39, 0.29) is 13.2 Å². The fraction of sp³-hybridized carbons (Fsp3) is 0.600. The van der Waals surface area contributed by atoms with E-state index in [4.69, 9.17) is 26.8 Å². The number of esters is 2. The first kappa shape index (κ1) is 14.8. The van der Waals surface area contributed by atoms with Crippen LogP contribution in [-0.2, 0) is 19.1 Å². The summed E-state index contributed by atoms with van der Waals surface area (Å²) in [5, 5.41) is -0.436. The summed E-state index contributed by atoms with van der Waals surface area (Å²) < 4.78 is 9.43. The van der Waals surface area contributed by atoms with E-state index in [9.17, 15) is 9.59 Å². The van der Waals surface area contributed by atoms with Gasteiger partial charge in [-0.15, -0.1) is 0 Å². The van der Waals surface area contributed by atoms with E-state index in [1.54, 1.807) is 0 Å². The van der Waals surface area contributed by atoms with Crippen LogP contribution in [0.4, 0.5) is 0 Å². The molecule has 16 heavy (non-hydrogen) atoms. The Morgan fingerprint density at radius 3 is 1.94 bits per heavy atom. The molecule has 0 radical (unpaired) electrons. The van der Waals surface area contributed by atoms with Crippen molar-refractivity contribution in [3.63, 3.8) is 0 Å². The van der Waals surface area contributed by atoms with Crippen LogP contribution in [-0.4, -0.2) is 25.2 Å². The number of hydrogen-bond acceptors (Lipinski definition) is 5. The second-order valence-corrected chi connectivity index (χ2v) is 3.38. The van der Waals surface area contributed by atoms with Crippen molar-refractivity contribution in [3.05, 3.63) is 10.7 Å². The van der Waals surface area contributed by atoms with Gasteiger partial charge >= 0.3 is 11.9 Å². The fourth-order valence-corrected chi connectivity index (χ4v) is 0.862. The van der Waals surface area contributed by atoms with Gasteiger partial charge in [-0.2, -0.15) is 0 Å². The zero-order chi connectivity index (χ0) is 12.6. The van der Waals surface area contributed by atoms with Crippen molar-refractivity contribution >= 4 is 23.5 Å². The standard InChI is InChI=1S/C10H16ClNO4/c1-3-5-15-9(13)7(11)8(12)10(14)16-6-4-2/h3-6,12H2,1-2H3. The first-order valence-electron chi connectivity index (χ1n) is 5.04. The lowest BCUT2D eigenvalue weighted by atomic mass is 10.4. The van der Waals surface area contributed by atoms with Crippen LogP contribution in [0.25, 0.3) is 0 Å². The average molecular weight is 250 g/mol. The van der Waals surface area contributed by atoms with Crippen LogP contribution in [0, 0.1) is 0 Å². The van der Waals surface area contributed by atoms with Gasteiger partial charge in [-0.3, -0.25) is 0 Å². The van der Waals surface area contributed by atoms with Gasteiger partial charge in [0.05, 0.1) is 13.2 Å². The smallest absolute Gasteiger partial charge is 0.356 e. The van der Waals surface area contributed by atoms with Crippen LogP contribution >= 0.6 is 11.6 Å². The van der Waals surface area contributed by atoms with E-state index in [0.717, 1.165) is 0 Å². The molecule has 0 atom stereocenters. The molecular weight excluding hydrogens is 234 g/mol. The van der Waals surface area contributed by atoms with E-state index in [1.165, 1.54) is 0 Å². The highest BCUT2D eigenvalue weighted by atomic mass is 35.5. The van der Waals surface area contributed by atoms with Gasteiger partial charge in [-0.1, -0.05) is 25.4 Å². The van der Waals surface area contributed by atoms with Gasteiger partial charge in [0.1, 0.15) is 5.70 Å². The SMILES string of the molecule is CCCOC(=O)C(N)=C(Cl)C(=O)OCCC. The maximum atomic E-state index is 11.2. The second-order valence-electron chi connectivity index (χ2n) is 3.00. The molecule has 0 aromatic rings. The predicted octanol–water partition coefficient (Wildman–Crippen LogP) is 1.30. The van der Waals surface area contributed by atoms with E-state index in [0.29, 0.717) is 12.8 Å². The first-order valence-corrected chi connectivity index (χ1v) is 5.41. The van der Waals surface area contributed by atoms with Crippen molar-refractivity contribution in [3.8, 4) is 0 Å². The molecule has 0 heterocycles. The van der Waals surface area contributed by atoms with Gasteiger partial charge in [0, 0.05) is 0 Å². The monoisotopic (exact) mass is 249 g/mol. The van der Waals surface area contributed by atoms with E-state index in [2.05, 4.69) is 0 Å². The molecular formula is C10H16ClNO4. The zero-order valence-electron chi connectivity index (χ0n) is 9.42. The lowest BCUT2D eigenvalue weighted by Crippen LogP contribution is -2.20. The van der Waals surface area contributed by atoms with Gasteiger partial charge in [0.15, 0.2) is 5.03 Å². The summed E-state index contributed by atoms with van der Waals surface area (Å²) >= 11 is 5.57. The number of carbonyl (C=O) groups excluding carboxylic acids is 2. The van der Waals surface area contributed by atoms with Crippen LogP contribution in [0.2, 0.25) is 0 Å². The van der Waals surface area contributed by atoms with E-state index < -0.39 is 22.7 Å². The number of carbonyl (C=O) groups is 2. The van der Waals surface area contributed by atoms with Crippen molar-refractivity contribution in [2.75, 3.05) is 13.2 Å². The van der Waals surface area contributed by atoms with Gasteiger partial charge in [0.2, 0.25) is 0 Å². The van der Waals surface area contributed by atoms with E-state index in [1.807, 2.05) is 13.8 Å². The van der Waals surface area contributed by atoms with Crippen molar-refractivity contribution in [1.82, 2.24) is 0 Å². The summed E-state index contributed by atoms with van der Waals surface area (Å²) in [6.07, 6.45) is 1.33. The normalized spacial score (nSPS) is 11.7. The van der Waals surface area contributed by atoms with Crippen molar-refractivity contribution in [1.29, 1.82) is 0 Å². The van der Waals surface area contributed by atoms with Crippen LogP contribution in [0.1, 0.15) is 26.7 Å². The molecule has 0 saturated carbocycles. The number of hydrogen-bond donors (Lipinski definition) is 1. The molecule has 0 aromatic heterocycles. The lowest BCUT2D eigenvalue weighted by Gasteiger charge is -2.06. The third-order valence-electron chi connectivity index (χ3n) is 1.51. The number of ether oxygens (including phenoxy) is 2. The number of nitrogens with two attached hydrogens (primary N) is 1. The number of halogens is 1. The molecule has 92 valence electrons. The minimum Gasteiger partial charge on any atom is -0.461 e. The minimum absolute atomic E-state index is 0.229. The maximum Gasteiger partial charge on any atom is 0.356 e. The molecule has 0 unspecified atom stereocenters. The Balaban J connectivity index is 4.43. The van der Waals surface area contributed by atoms with Gasteiger partial charge in [0.25, 0.3) is 0 Å². The molecule has 0 saturated heterocycles. The van der Waals surface area contributed by atoms with Crippen LogP contribution in [0.15, 0.2) is 10.7 Å². The Labute approximate surface area is 99.5 Å². The summed E-state index contributed by atoms with van der Waals surface area (Å²) in [6, 6.07) is 0. The van der Waals surface area contributed by atoms with Crippen LogP contribution < -0.4 is 5.73 Å². The molecule has 0 amide bonds. The Morgan fingerprint density at radius 1 is 1.06 bits per heavy atom. The predicted molar refractivity (Wildman–Crippen MR) is 59.6 cm³/mol. The molecule has 0 rings (SSSR count). The second kappa shape index (κ2) is 7.98. The average Bonchev–Trinajstić information content (AvgIpc) is 2.30. The quantitative estimate of drug-likeness (QED) is 0.567. The fourth-order valence-electron chi connectivity index (χ4n) is 0.730. The van der Waals surface area contributed by atoms with Gasteiger partial charge < -0.3 is 15.2 Å². The lowest BCUT2D eigenvalue weighted by molar-refractivity contribution is -0.141. The summed E-state index contributed by atoms with van der Waals surface area (Å²) in [6.45, 7) is 4.13. The van der Waals surface area contributed by atoms with Gasteiger partial charge in [-0.05, 0) is 12.8 Å². The highest BCUT2D eigenvalue weighted by molar-refractivity contribution is 6.43. The molecule has 0 fully saturated rings. The molecule has 2 N–H and O–H groups in total. The van der Waals surface area contributed by atoms with E-state index >= 15 is 0 Å². The molecule has 0 aliphatic heterocycles. The van der Waals surface area contributed by atoms with Gasteiger partial charge in [-0.25, -0.2) is 9.59 Å². The summed E-state index contributed by atoms with van der Waals surface area (Å²) in [5.41, 5.74) is 4.93. The zero-order valence-corrected chi connectivity index (χ0v) is 10.2. The minimum atomic E-state index is -0.811. The Bertz CT molecular complexity index is 261. The highest BCUT2D eigenvalue weighted by Crippen LogP contribution is 2.09. The van der Waals surface area contributed by atoms with Crippen LogP contribution in [0.3, 0.4) is 0 Å². The third kappa shape index (κ3) is 5.02. The molecule has 0 aliphatic carbocycles. The molecule has 0 aliphatic rings. The summed E-state index contributed by atoms with van der Waals surface area (Å²) in [4.78, 5) is 22.4. The summed E-state index contributed by atoms with van der Waals surface area (Å²) in [7, 11) is 0. The maximum absolute atomic E-state index is 11.2. The highest BCUT2D eigenvalue weighted by Gasteiger charge is 2.18. The van der Waals surface area contributed by atoms with Crippen molar-refractivity contribution in [2.24, 2.45) is 5.73 Å². The molecule has 5 nitrogen and oxygen atoms in total. The Morgan fingerprint density at radius 2 is 1.50 bits per heavy atom. The first-order chi connectivity index (χ1) is 7.54. The van der Waals surface area contributed by atoms with Crippen molar-refractivity contribution < 1.29 is 19.1 Å². The Hall–Kier alpha value is -1.23. The van der Waals surface area contributed by atoms with Crippen LogP contribution in [0.5, 0.6) is 0 Å².